The molecular weight excluding hydrogens is 426 g/mol. The van der Waals surface area contributed by atoms with Crippen LogP contribution in [0.15, 0.2) is 59.7 Å². The molecule has 0 radical (unpaired) electrons. The molecule has 0 saturated carbocycles. The van der Waals surface area contributed by atoms with E-state index in [1.165, 1.54) is 6.07 Å². The van der Waals surface area contributed by atoms with Crippen LogP contribution in [0.1, 0.15) is 10.4 Å². The van der Waals surface area contributed by atoms with Crippen molar-refractivity contribution in [3.05, 3.63) is 60.2 Å². The van der Waals surface area contributed by atoms with Crippen molar-refractivity contribution in [1.82, 2.24) is 5.43 Å². The summed E-state index contributed by atoms with van der Waals surface area (Å²) in [6.07, 6.45) is 0. The standard InChI is InChI=1S/C19H19N5O4S2/c1-20-23-19(29)22-12-6-4-5-11(9-12)21-18(26)15-10-16(24-30(27)28)13-7-2-3-8-14(13)17(15)25/h2-10,20,25,30H,1H3,(H,21,26)(H2,22,23,29)(H,24,27,28). The number of amides is 1. The summed E-state index contributed by atoms with van der Waals surface area (Å²) in [7, 11) is -1.32. The highest BCUT2D eigenvalue weighted by molar-refractivity contribution is 7.97. The van der Waals surface area contributed by atoms with Gasteiger partial charge < -0.3 is 21.2 Å². The Morgan fingerprint density at radius 2 is 1.67 bits per heavy atom. The SMILES string of the molecule is CN/N=C(/S)Nc1cccc(NC(=O)c2cc(N[SH](=O)=O)c3ccccc3c2O)c1. The van der Waals surface area contributed by atoms with Crippen LogP contribution in [0, 0.1) is 0 Å². The van der Waals surface area contributed by atoms with Gasteiger partial charge in [-0.2, -0.15) is 5.10 Å². The summed E-state index contributed by atoms with van der Waals surface area (Å²) in [6.45, 7) is 0. The molecule has 0 saturated heterocycles. The Morgan fingerprint density at radius 3 is 2.33 bits per heavy atom. The lowest BCUT2D eigenvalue weighted by atomic mass is 10.0. The van der Waals surface area contributed by atoms with Gasteiger partial charge in [0, 0.05) is 29.2 Å². The van der Waals surface area contributed by atoms with Gasteiger partial charge in [-0.3, -0.25) is 9.52 Å². The van der Waals surface area contributed by atoms with E-state index in [1.54, 1.807) is 55.6 Å². The second kappa shape index (κ2) is 9.37. The zero-order valence-electron chi connectivity index (χ0n) is 15.7. The first kappa shape index (κ1) is 21.3. The van der Waals surface area contributed by atoms with Gasteiger partial charge in [0.2, 0.25) is 10.9 Å². The summed E-state index contributed by atoms with van der Waals surface area (Å²) in [4.78, 5) is 12.8. The number of carbonyl (C=O) groups excluding carboxylic acids is 1. The molecular formula is C19H19N5O4S2. The molecule has 0 atom stereocenters. The van der Waals surface area contributed by atoms with Gasteiger partial charge in [-0.25, -0.2) is 8.42 Å². The zero-order chi connectivity index (χ0) is 21.7. The maximum absolute atomic E-state index is 12.8. The minimum atomic E-state index is -2.95. The summed E-state index contributed by atoms with van der Waals surface area (Å²) < 4.78 is 24.7. The van der Waals surface area contributed by atoms with E-state index >= 15 is 0 Å². The third-order valence-electron chi connectivity index (χ3n) is 4.07. The second-order valence-corrected chi connectivity index (χ2v) is 7.22. The average molecular weight is 446 g/mol. The van der Waals surface area contributed by atoms with Crippen LogP contribution in [0.25, 0.3) is 10.8 Å². The van der Waals surface area contributed by atoms with Crippen LogP contribution in [0.3, 0.4) is 0 Å². The topological polar surface area (TPSA) is 132 Å². The average Bonchev–Trinajstić information content (AvgIpc) is 2.70. The first-order chi connectivity index (χ1) is 14.4. The Labute approximate surface area is 179 Å². The van der Waals surface area contributed by atoms with Crippen molar-refractivity contribution in [3.8, 4) is 5.75 Å². The minimum Gasteiger partial charge on any atom is -0.506 e. The molecule has 0 unspecified atom stereocenters. The van der Waals surface area contributed by atoms with E-state index in [9.17, 15) is 18.3 Å². The lowest BCUT2D eigenvalue weighted by Crippen LogP contribution is -2.14. The molecule has 0 spiro atoms. The Hall–Kier alpha value is -3.44. The molecule has 0 bridgehead atoms. The number of hydrazone groups is 1. The van der Waals surface area contributed by atoms with E-state index in [0.717, 1.165) is 0 Å². The van der Waals surface area contributed by atoms with Gasteiger partial charge in [0.15, 0.2) is 5.17 Å². The molecule has 156 valence electrons. The monoisotopic (exact) mass is 445 g/mol. The summed E-state index contributed by atoms with van der Waals surface area (Å²) in [5.41, 5.74) is 3.81. The number of rotatable bonds is 6. The van der Waals surface area contributed by atoms with Crippen molar-refractivity contribution in [2.24, 2.45) is 5.10 Å². The fourth-order valence-electron chi connectivity index (χ4n) is 2.86. The molecule has 3 aromatic rings. The molecule has 9 nitrogen and oxygen atoms in total. The largest absolute Gasteiger partial charge is 0.506 e. The number of amidine groups is 1. The van der Waals surface area contributed by atoms with Crippen molar-refractivity contribution in [1.29, 1.82) is 0 Å². The molecule has 0 aliphatic carbocycles. The van der Waals surface area contributed by atoms with E-state index in [4.69, 9.17) is 0 Å². The van der Waals surface area contributed by atoms with Gasteiger partial charge in [0.05, 0.1) is 11.3 Å². The zero-order valence-corrected chi connectivity index (χ0v) is 17.5. The predicted molar refractivity (Wildman–Crippen MR) is 123 cm³/mol. The van der Waals surface area contributed by atoms with Crippen LogP contribution < -0.4 is 20.8 Å². The van der Waals surface area contributed by atoms with Gasteiger partial charge >= 0.3 is 0 Å². The van der Waals surface area contributed by atoms with Crippen molar-refractivity contribution >= 4 is 62.4 Å². The number of thiol groups is 2. The smallest absolute Gasteiger partial charge is 0.259 e. The Kier molecular flexibility index (Phi) is 6.65. The van der Waals surface area contributed by atoms with Crippen molar-refractivity contribution in [2.75, 3.05) is 22.4 Å². The number of phenolic OH excluding ortho intramolecular Hbond substituents is 1. The fourth-order valence-corrected chi connectivity index (χ4v) is 3.47. The first-order valence-corrected chi connectivity index (χ1v) is 10.3. The van der Waals surface area contributed by atoms with Crippen LogP contribution in [0.5, 0.6) is 5.75 Å². The number of benzene rings is 3. The van der Waals surface area contributed by atoms with Gasteiger partial charge in [-0.15, -0.1) is 12.6 Å². The lowest BCUT2D eigenvalue weighted by molar-refractivity contribution is 0.102. The van der Waals surface area contributed by atoms with Gasteiger partial charge in [-0.05, 0) is 24.3 Å². The van der Waals surface area contributed by atoms with E-state index < -0.39 is 16.8 Å². The number of hydrogen-bond donors (Lipinski definition) is 7. The number of aromatic hydroxyl groups is 1. The molecule has 30 heavy (non-hydrogen) atoms. The maximum Gasteiger partial charge on any atom is 0.259 e. The Balaban J connectivity index is 1.94. The summed E-state index contributed by atoms with van der Waals surface area (Å²) in [6, 6.07) is 14.7. The normalized spacial score (nSPS) is 11.4. The van der Waals surface area contributed by atoms with Crippen LogP contribution in [-0.4, -0.2) is 31.6 Å². The highest BCUT2D eigenvalue weighted by Gasteiger charge is 2.18. The first-order valence-electron chi connectivity index (χ1n) is 8.66. The fraction of sp³-hybridized carbons (Fsp3) is 0.0526. The molecule has 3 aromatic carbocycles. The van der Waals surface area contributed by atoms with E-state index in [2.05, 4.69) is 38.5 Å². The van der Waals surface area contributed by atoms with Crippen LogP contribution >= 0.6 is 12.6 Å². The van der Waals surface area contributed by atoms with E-state index in [0.29, 0.717) is 27.3 Å². The van der Waals surface area contributed by atoms with Crippen molar-refractivity contribution < 1.29 is 18.3 Å². The maximum atomic E-state index is 12.8. The van der Waals surface area contributed by atoms with Crippen LogP contribution in [0.4, 0.5) is 17.1 Å². The molecule has 1 amide bonds. The quantitative estimate of drug-likeness (QED) is 0.103. The number of phenols is 1. The molecule has 0 aromatic heterocycles. The van der Waals surface area contributed by atoms with Gasteiger partial charge in [0.25, 0.3) is 5.91 Å². The third-order valence-corrected chi connectivity index (χ3v) is 4.70. The minimum absolute atomic E-state index is 0.0713. The second-order valence-electron chi connectivity index (χ2n) is 6.05. The van der Waals surface area contributed by atoms with Crippen molar-refractivity contribution in [3.63, 3.8) is 0 Å². The number of nitrogens with one attached hydrogen (secondary N) is 4. The molecule has 0 aliphatic rings. The Bertz CT molecular complexity index is 1200. The molecule has 5 N–H and O–H groups in total. The number of nitrogens with zero attached hydrogens (tertiary/aromatic N) is 1. The van der Waals surface area contributed by atoms with Crippen LogP contribution in [-0.2, 0) is 10.9 Å². The van der Waals surface area contributed by atoms with E-state index in [1.807, 2.05) is 0 Å². The molecule has 3 rings (SSSR count). The highest BCUT2D eigenvalue weighted by Crippen LogP contribution is 2.35. The summed E-state index contributed by atoms with van der Waals surface area (Å²) in [5.74, 6) is -0.850. The van der Waals surface area contributed by atoms with Crippen molar-refractivity contribution in [2.45, 2.75) is 0 Å². The number of carbonyl (C=O) groups is 1. The molecule has 0 heterocycles. The third kappa shape index (κ3) is 4.93. The van der Waals surface area contributed by atoms with Gasteiger partial charge in [0.1, 0.15) is 5.75 Å². The summed E-state index contributed by atoms with van der Waals surface area (Å²) >= 11 is 4.17. The highest BCUT2D eigenvalue weighted by atomic mass is 32.2. The van der Waals surface area contributed by atoms with Gasteiger partial charge in [-0.1, -0.05) is 30.3 Å². The molecule has 0 aliphatic heterocycles. The van der Waals surface area contributed by atoms with Crippen LogP contribution in [0.2, 0.25) is 0 Å². The number of hydrogen-bond acceptors (Lipinski definition) is 6. The molecule has 11 heteroatoms. The predicted octanol–water partition coefficient (Wildman–Crippen LogP) is 2.57. The summed E-state index contributed by atoms with van der Waals surface area (Å²) in [5, 5.41) is 21.3. The van der Waals surface area contributed by atoms with E-state index in [-0.39, 0.29) is 17.0 Å². The molecule has 0 fully saturated rings. The Morgan fingerprint density at radius 1 is 1.00 bits per heavy atom. The number of fused-ring (bicyclic) bond motifs is 1. The lowest BCUT2D eigenvalue weighted by Gasteiger charge is -2.13. The number of anilines is 3.